The summed E-state index contributed by atoms with van der Waals surface area (Å²) in [5, 5.41) is 2.70. The molecule has 0 bridgehead atoms. The topological polar surface area (TPSA) is 92.8 Å². The molecule has 0 unspecified atom stereocenters. The smallest absolute Gasteiger partial charge is 0.337 e. The fourth-order valence-electron chi connectivity index (χ4n) is 2.91. The van der Waals surface area contributed by atoms with Gasteiger partial charge in [0.2, 0.25) is 15.9 Å². The molecule has 0 aromatic heterocycles. The van der Waals surface area contributed by atoms with Crippen LogP contribution in [-0.2, 0) is 19.6 Å². The molecule has 1 N–H and O–H groups in total. The summed E-state index contributed by atoms with van der Waals surface area (Å²) in [6.07, 6.45) is 1.07. The van der Waals surface area contributed by atoms with Crippen LogP contribution in [0.1, 0.15) is 41.3 Å². The molecule has 0 saturated heterocycles. The van der Waals surface area contributed by atoms with Gasteiger partial charge in [-0.05, 0) is 42.2 Å². The van der Waals surface area contributed by atoms with Crippen molar-refractivity contribution in [2.75, 3.05) is 29.5 Å². The average Bonchev–Trinajstić information content (AvgIpc) is 2.66. The maximum Gasteiger partial charge on any atom is 0.337 e. The summed E-state index contributed by atoms with van der Waals surface area (Å²) < 4.78 is 30.7. The van der Waals surface area contributed by atoms with E-state index in [1.807, 2.05) is 26.0 Å². The monoisotopic (exact) mass is 418 g/mol. The van der Waals surface area contributed by atoms with Crippen LogP contribution in [0.5, 0.6) is 0 Å². The first-order valence-corrected chi connectivity index (χ1v) is 10.9. The van der Waals surface area contributed by atoms with Crippen LogP contribution in [0.15, 0.2) is 42.5 Å². The molecular formula is C21H26N2O5S. The molecule has 0 radical (unpaired) electrons. The third-order valence-electron chi connectivity index (χ3n) is 4.45. The Morgan fingerprint density at radius 3 is 2.38 bits per heavy atom. The van der Waals surface area contributed by atoms with E-state index >= 15 is 0 Å². The molecule has 0 aliphatic heterocycles. The summed E-state index contributed by atoms with van der Waals surface area (Å²) >= 11 is 0. The number of ether oxygens (including phenoxy) is 1. The lowest BCUT2D eigenvalue weighted by atomic mass is 10.0. The number of anilines is 2. The SMILES string of the molecule is COC(=O)c1ccc(C)c(NC(=O)CN(c2ccccc2C(C)C)S(C)(=O)=O)c1. The Kier molecular flexibility index (Phi) is 7.02. The zero-order valence-electron chi connectivity index (χ0n) is 17.2. The largest absolute Gasteiger partial charge is 0.465 e. The van der Waals surface area contributed by atoms with Crippen LogP contribution < -0.4 is 9.62 Å². The van der Waals surface area contributed by atoms with Gasteiger partial charge < -0.3 is 10.1 Å². The fraction of sp³-hybridized carbons (Fsp3) is 0.333. The van der Waals surface area contributed by atoms with E-state index in [9.17, 15) is 18.0 Å². The lowest BCUT2D eigenvalue weighted by molar-refractivity contribution is -0.114. The number of para-hydroxylation sites is 1. The first-order chi connectivity index (χ1) is 13.5. The minimum atomic E-state index is -3.70. The number of rotatable bonds is 7. The van der Waals surface area contributed by atoms with E-state index in [1.54, 1.807) is 31.2 Å². The van der Waals surface area contributed by atoms with Gasteiger partial charge >= 0.3 is 5.97 Å². The first-order valence-electron chi connectivity index (χ1n) is 9.10. The molecule has 2 aromatic rings. The van der Waals surface area contributed by atoms with Gasteiger partial charge in [-0.25, -0.2) is 13.2 Å². The molecule has 1 amide bonds. The number of esters is 1. The molecule has 0 aliphatic carbocycles. The maximum absolute atomic E-state index is 12.7. The van der Waals surface area contributed by atoms with E-state index in [4.69, 9.17) is 4.74 Å². The zero-order valence-corrected chi connectivity index (χ0v) is 18.0. The first kappa shape index (κ1) is 22.4. The molecule has 8 heteroatoms. The van der Waals surface area contributed by atoms with Crippen molar-refractivity contribution in [2.24, 2.45) is 0 Å². The highest BCUT2D eigenvalue weighted by Gasteiger charge is 2.24. The number of benzene rings is 2. The van der Waals surface area contributed by atoms with Gasteiger partial charge in [0.1, 0.15) is 6.54 Å². The Morgan fingerprint density at radius 1 is 1.14 bits per heavy atom. The minimum absolute atomic E-state index is 0.0810. The van der Waals surface area contributed by atoms with Gasteiger partial charge in [0, 0.05) is 5.69 Å². The normalized spacial score (nSPS) is 11.2. The molecule has 0 fully saturated rings. The molecule has 0 spiro atoms. The van der Waals surface area contributed by atoms with Crippen LogP contribution in [0.4, 0.5) is 11.4 Å². The van der Waals surface area contributed by atoms with E-state index in [1.165, 1.54) is 13.2 Å². The number of methoxy groups -OCH3 is 1. The minimum Gasteiger partial charge on any atom is -0.465 e. The number of nitrogens with one attached hydrogen (secondary N) is 1. The Balaban J connectivity index is 2.33. The summed E-state index contributed by atoms with van der Waals surface area (Å²) in [5.41, 5.74) is 2.75. The van der Waals surface area contributed by atoms with Crippen molar-refractivity contribution in [3.8, 4) is 0 Å². The van der Waals surface area contributed by atoms with Crippen molar-refractivity contribution in [1.29, 1.82) is 0 Å². The summed E-state index contributed by atoms with van der Waals surface area (Å²) in [7, 11) is -2.42. The molecule has 29 heavy (non-hydrogen) atoms. The van der Waals surface area contributed by atoms with E-state index in [0.717, 1.165) is 21.7 Å². The van der Waals surface area contributed by atoms with Crippen LogP contribution in [0.3, 0.4) is 0 Å². The highest BCUT2D eigenvalue weighted by molar-refractivity contribution is 7.92. The third-order valence-corrected chi connectivity index (χ3v) is 5.57. The van der Waals surface area contributed by atoms with Crippen molar-refractivity contribution >= 4 is 33.3 Å². The van der Waals surface area contributed by atoms with Gasteiger partial charge in [-0.1, -0.05) is 38.1 Å². The second kappa shape index (κ2) is 9.09. The van der Waals surface area contributed by atoms with Crippen molar-refractivity contribution in [3.05, 3.63) is 59.2 Å². The Labute approximate surface area is 171 Å². The number of carbonyl (C=O) groups excluding carboxylic acids is 2. The van der Waals surface area contributed by atoms with Crippen LogP contribution >= 0.6 is 0 Å². The van der Waals surface area contributed by atoms with Crippen molar-refractivity contribution in [1.82, 2.24) is 0 Å². The lowest BCUT2D eigenvalue weighted by Crippen LogP contribution is -2.38. The number of hydrogen-bond donors (Lipinski definition) is 1. The fourth-order valence-corrected chi connectivity index (χ4v) is 3.78. The predicted molar refractivity (Wildman–Crippen MR) is 114 cm³/mol. The molecule has 156 valence electrons. The van der Waals surface area contributed by atoms with Crippen LogP contribution in [0.25, 0.3) is 0 Å². The number of sulfonamides is 1. The van der Waals surface area contributed by atoms with E-state index in [-0.39, 0.29) is 12.5 Å². The van der Waals surface area contributed by atoms with E-state index in [2.05, 4.69) is 5.32 Å². The lowest BCUT2D eigenvalue weighted by Gasteiger charge is -2.25. The zero-order chi connectivity index (χ0) is 21.8. The van der Waals surface area contributed by atoms with E-state index < -0.39 is 21.9 Å². The van der Waals surface area contributed by atoms with E-state index in [0.29, 0.717) is 16.9 Å². The van der Waals surface area contributed by atoms with Gasteiger partial charge in [-0.3, -0.25) is 9.10 Å². The van der Waals surface area contributed by atoms with Crippen LogP contribution in [0.2, 0.25) is 0 Å². The number of nitrogens with zero attached hydrogens (tertiary/aromatic N) is 1. The number of aryl methyl sites for hydroxylation is 1. The molecule has 2 aromatic carbocycles. The van der Waals surface area contributed by atoms with Gasteiger partial charge in [-0.2, -0.15) is 0 Å². The average molecular weight is 419 g/mol. The summed E-state index contributed by atoms with van der Waals surface area (Å²) in [4.78, 5) is 24.4. The van der Waals surface area contributed by atoms with Crippen molar-refractivity contribution in [3.63, 3.8) is 0 Å². The number of carbonyl (C=O) groups is 2. The highest BCUT2D eigenvalue weighted by atomic mass is 32.2. The molecule has 0 atom stereocenters. The molecule has 0 aliphatic rings. The molecule has 0 saturated carbocycles. The maximum atomic E-state index is 12.7. The Hall–Kier alpha value is -2.87. The number of hydrogen-bond acceptors (Lipinski definition) is 5. The quantitative estimate of drug-likeness (QED) is 0.697. The molecular weight excluding hydrogens is 392 g/mol. The van der Waals surface area contributed by atoms with Crippen molar-refractivity contribution in [2.45, 2.75) is 26.7 Å². The third kappa shape index (κ3) is 5.57. The highest BCUT2D eigenvalue weighted by Crippen LogP contribution is 2.29. The second-order valence-corrected chi connectivity index (χ2v) is 8.96. The van der Waals surface area contributed by atoms with Crippen LogP contribution in [-0.4, -0.2) is 40.2 Å². The standard InChI is InChI=1S/C21H26N2O5S/c1-14(2)17-8-6-7-9-19(17)23(29(5,26)27)13-20(24)22-18-12-16(21(25)28-4)11-10-15(18)3/h6-12,14H,13H2,1-5H3,(H,22,24). The van der Waals surface area contributed by atoms with Gasteiger partial charge in [0.15, 0.2) is 0 Å². The number of amides is 1. The van der Waals surface area contributed by atoms with Crippen LogP contribution in [0, 0.1) is 6.92 Å². The summed E-state index contributed by atoms with van der Waals surface area (Å²) in [6.45, 7) is 5.31. The van der Waals surface area contributed by atoms with Gasteiger partial charge in [-0.15, -0.1) is 0 Å². The second-order valence-electron chi connectivity index (χ2n) is 7.05. The van der Waals surface area contributed by atoms with Gasteiger partial charge in [0.05, 0.1) is 24.6 Å². The molecule has 0 heterocycles. The Bertz CT molecular complexity index is 1020. The molecule has 2 rings (SSSR count). The summed E-state index contributed by atoms with van der Waals surface area (Å²) in [5.74, 6) is -0.958. The summed E-state index contributed by atoms with van der Waals surface area (Å²) in [6, 6.07) is 11.9. The Morgan fingerprint density at radius 2 is 1.79 bits per heavy atom. The predicted octanol–water partition coefficient (Wildman–Crippen LogP) is 3.31. The van der Waals surface area contributed by atoms with Crippen molar-refractivity contribution < 1.29 is 22.7 Å². The molecule has 7 nitrogen and oxygen atoms in total. The van der Waals surface area contributed by atoms with Gasteiger partial charge in [0.25, 0.3) is 0 Å².